The molecule has 2 aromatic rings. The van der Waals surface area contributed by atoms with Crippen LogP contribution in [0.5, 0.6) is 5.75 Å². The van der Waals surface area contributed by atoms with E-state index in [1.54, 1.807) is 0 Å². The van der Waals surface area contributed by atoms with Crippen molar-refractivity contribution in [3.05, 3.63) is 51.7 Å². The number of rotatable bonds is 1. The van der Waals surface area contributed by atoms with Gasteiger partial charge in [-0.3, -0.25) is 0 Å². The Hall–Kier alpha value is -1.74. The molecule has 1 atom stereocenters. The predicted molar refractivity (Wildman–Crippen MR) is 93.9 cm³/mol. The van der Waals surface area contributed by atoms with Crippen LogP contribution in [0.3, 0.4) is 0 Å². The van der Waals surface area contributed by atoms with E-state index in [4.69, 9.17) is 4.74 Å². The molecular weight excluding hydrogens is 290 g/mol. The van der Waals surface area contributed by atoms with Gasteiger partial charge in [0.2, 0.25) is 5.72 Å². The van der Waals surface area contributed by atoms with Crippen LogP contribution in [0.4, 0.5) is 5.69 Å². The van der Waals surface area contributed by atoms with Gasteiger partial charge in [0.1, 0.15) is 5.75 Å². The highest BCUT2D eigenvalue weighted by molar-refractivity contribution is 7.12. The highest BCUT2D eigenvalue weighted by Gasteiger charge is 2.59. The second-order valence-electron chi connectivity index (χ2n) is 6.61. The molecule has 3 heteroatoms. The zero-order chi connectivity index (χ0) is 15.5. The zero-order valence-electron chi connectivity index (χ0n) is 13.5. The molecule has 2 aliphatic rings. The Balaban J connectivity index is 1.91. The molecule has 2 aliphatic heterocycles. The maximum Gasteiger partial charge on any atom is 0.212 e. The maximum atomic E-state index is 6.63. The van der Waals surface area contributed by atoms with E-state index in [1.165, 1.54) is 15.4 Å². The lowest BCUT2D eigenvalue weighted by atomic mass is 9.80. The fourth-order valence-corrected chi connectivity index (χ4v) is 5.00. The Bertz CT molecular complexity index is 773. The van der Waals surface area contributed by atoms with Crippen LogP contribution in [0, 0.1) is 6.92 Å². The van der Waals surface area contributed by atoms with E-state index in [0.29, 0.717) is 0 Å². The van der Waals surface area contributed by atoms with Crippen LogP contribution in [-0.2, 0) is 5.41 Å². The fourth-order valence-electron chi connectivity index (χ4n) is 3.83. The number of hydrogen-bond acceptors (Lipinski definition) is 3. The van der Waals surface area contributed by atoms with Crippen molar-refractivity contribution in [2.45, 2.75) is 38.8 Å². The number of anilines is 1. The number of likely N-dealkylation sites (N-methyl/N-ethyl adjacent to an activating group) is 1. The summed E-state index contributed by atoms with van der Waals surface area (Å²) in [7, 11) is 0. The number of nitrogens with zero attached hydrogens (tertiary/aromatic N) is 1. The molecule has 0 radical (unpaired) electrons. The average molecular weight is 311 g/mol. The first-order chi connectivity index (χ1) is 10.5. The molecule has 1 aromatic heterocycles. The summed E-state index contributed by atoms with van der Waals surface area (Å²) in [6, 6.07) is 10.6. The quantitative estimate of drug-likeness (QED) is 0.737. The third-order valence-corrected chi connectivity index (χ3v) is 6.34. The SMILES string of the molecule is CCN1c2cc(C)sc2C(C)(C)C12C=Cc1ccccc1O2. The van der Waals surface area contributed by atoms with Crippen LogP contribution in [-0.4, -0.2) is 12.3 Å². The Kier molecular flexibility index (Phi) is 2.77. The van der Waals surface area contributed by atoms with Gasteiger partial charge in [-0.15, -0.1) is 11.3 Å². The number of ether oxygens (including phenoxy) is 1. The molecule has 0 fully saturated rings. The highest BCUT2D eigenvalue weighted by Crippen LogP contribution is 2.57. The minimum atomic E-state index is -0.426. The lowest BCUT2D eigenvalue weighted by Crippen LogP contribution is -2.59. The van der Waals surface area contributed by atoms with E-state index in [-0.39, 0.29) is 5.41 Å². The summed E-state index contributed by atoms with van der Waals surface area (Å²) in [6.07, 6.45) is 4.47. The summed E-state index contributed by atoms with van der Waals surface area (Å²) in [5, 5.41) is 0. The lowest BCUT2D eigenvalue weighted by Gasteiger charge is -2.46. The van der Waals surface area contributed by atoms with E-state index in [9.17, 15) is 0 Å². The number of hydrogen-bond donors (Lipinski definition) is 0. The van der Waals surface area contributed by atoms with E-state index < -0.39 is 5.72 Å². The molecule has 0 bridgehead atoms. The van der Waals surface area contributed by atoms with Gasteiger partial charge in [0.05, 0.1) is 11.1 Å². The van der Waals surface area contributed by atoms with Crippen molar-refractivity contribution < 1.29 is 4.74 Å². The second kappa shape index (κ2) is 4.39. The van der Waals surface area contributed by atoms with Crippen molar-refractivity contribution in [3.63, 3.8) is 0 Å². The van der Waals surface area contributed by atoms with Crippen molar-refractivity contribution in [3.8, 4) is 5.75 Å². The van der Waals surface area contributed by atoms with Crippen LogP contribution in [0.2, 0.25) is 0 Å². The van der Waals surface area contributed by atoms with Gasteiger partial charge in [0.15, 0.2) is 0 Å². The molecule has 3 heterocycles. The molecule has 2 nitrogen and oxygen atoms in total. The molecule has 114 valence electrons. The molecule has 0 aliphatic carbocycles. The molecule has 0 saturated heterocycles. The minimum absolute atomic E-state index is 0.0820. The standard InChI is InChI=1S/C19H21NOS/c1-5-20-15-12-13(2)22-17(15)18(3,4)19(20)11-10-14-8-6-7-9-16(14)21-19/h6-12H,5H2,1-4H3. The van der Waals surface area contributed by atoms with Gasteiger partial charge in [0.25, 0.3) is 0 Å². The molecule has 4 rings (SSSR count). The molecule has 22 heavy (non-hydrogen) atoms. The van der Waals surface area contributed by atoms with E-state index in [0.717, 1.165) is 17.9 Å². The van der Waals surface area contributed by atoms with Crippen molar-refractivity contribution in [1.82, 2.24) is 0 Å². The van der Waals surface area contributed by atoms with E-state index in [1.807, 2.05) is 17.4 Å². The summed E-state index contributed by atoms with van der Waals surface area (Å²) in [6.45, 7) is 9.93. The summed E-state index contributed by atoms with van der Waals surface area (Å²) in [5.74, 6) is 0.975. The number of thiophene rings is 1. The molecule has 1 unspecified atom stereocenters. The summed E-state index contributed by atoms with van der Waals surface area (Å²) in [4.78, 5) is 5.21. The first-order valence-corrected chi connectivity index (χ1v) is 8.67. The fraction of sp³-hybridized carbons (Fsp3) is 0.368. The third-order valence-electron chi connectivity index (χ3n) is 4.98. The van der Waals surface area contributed by atoms with Crippen LogP contribution < -0.4 is 9.64 Å². The maximum absolute atomic E-state index is 6.63. The average Bonchev–Trinajstić information content (AvgIpc) is 2.95. The number of para-hydroxylation sites is 1. The normalized spacial score (nSPS) is 24.3. The summed E-state index contributed by atoms with van der Waals surface area (Å²) >= 11 is 1.90. The first-order valence-electron chi connectivity index (χ1n) is 7.85. The monoisotopic (exact) mass is 311 g/mol. The van der Waals surface area contributed by atoms with Crippen molar-refractivity contribution in [2.75, 3.05) is 11.4 Å². The molecule has 1 spiro atoms. The summed E-state index contributed by atoms with van der Waals surface area (Å²) < 4.78 is 6.63. The lowest BCUT2D eigenvalue weighted by molar-refractivity contribution is 0.0555. The van der Waals surface area contributed by atoms with Crippen LogP contribution in [0.15, 0.2) is 36.4 Å². The minimum Gasteiger partial charge on any atom is -0.463 e. The van der Waals surface area contributed by atoms with Gasteiger partial charge in [-0.1, -0.05) is 18.2 Å². The Labute approximate surface area is 136 Å². The number of aryl methyl sites for hydroxylation is 1. The van der Waals surface area contributed by atoms with E-state index >= 15 is 0 Å². The van der Waals surface area contributed by atoms with Crippen molar-refractivity contribution >= 4 is 23.1 Å². The van der Waals surface area contributed by atoms with Gasteiger partial charge in [-0.25, -0.2) is 0 Å². The second-order valence-corrected chi connectivity index (χ2v) is 7.87. The van der Waals surface area contributed by atoms with Crippen molar-refractivity contribution in [2.24, 2.45) is 0 Å². The Morgan fingerprint density at radius 2 is 2.00 bits per heavy atom. The molecule has 0 N–H and O–H groups in total. The third kappa shape index (κ3) is 1.55. The summed E-state index contributed by atoms with van der Waals surface area (Å²) in [5.41, 5.74) is 1.98. The Morgan fingerprint density at radius 1 is 1.23 bits per heavy atom. The van der Waals surface area contributed by atoms with Gasteiger partial charge in [0, 0.05) is 21.9 Å². The predicted octanol–water partition coefficient (Wildman–Crippen LogP) is 4.98. The topological polar surface area (TPSA) is 12.5 Å². The van der Waals surface area contributed by atoms with Gasteiger partial charge in [-0.2, -0.15) is 0 Å². The molecule has 0 amide bonds. The van der Waals surface area contributed by atoms with E-state index in [2.05, 4.69) is 69.0 Å². The number of benzene rings is 1. The molecule has 1 aromatic carbocycles. The van der Waals surface area contributed by atoms with Crippen LogP contribution in [0.25, 0.3) is 6.08 Å². The molecular formula is C19H21NOS. The van der Waals surface area contributed by atoms with Gasteiger partial charge in [-0.05, 0) is 52.0 Å². The Morgan fingerprint density at radius 3 is 2.77 bits per heavy atom. The first kappa shape index (κ1) is 13.9. The van der Waals surface area contributed by atoms with Crippen LogP contribution >= 0.6 is 11.3 Å². The molecule has 0 saturated carbocycles. The highest BCUT2D eigenvalue weighted by atomic mass is 32.1. The van der Waals surface area contributed by atoms with Gasteiger partial charge < -0.3 is 9.64 Å². The zero-order valence-corrected chi connectivity index (χ0v) is 14.3. The number of fused-ring (bicyclic) bond motifs is 2. The van der Waals surface area contributed by atoms with Crippen molar-refractivity contribution in [1.29, 1.82) is 0 Å². The van der Waals surface area contributed by atoms with Gasteiger partial charge >= 0.3 is 0 Å². The smallest absolute Gasteiger partial charge is 0.212 e. The van der Waals surface area contributed by atoms with Crippen LogP contribution in [0.1, 0.15) is 36.1 Å². The largest absolute Gasteiger partial charge is 0.463 e.